The van der Waals surface area contributed by atoms with Gasteiger partial charge in [-0.25, -0.2) is 8.42 Å². The fourth-order valence-corrected chi connectivity index (χ4v) is 5.59. The Morgan fingerprint density at radius 2 is 1.64 bits per heavy atom. The van der Waals surface area contributed by atoms with Gasteiger partial charge in [-0.15, -0.1) is 11.8 Å². The number of amides is 1. The minimum Gasteiger partial charge on any atom is -0.495 e. The lowest BCUT2D eigenvalue weighted by Gasteiger charge is -2.26. The number of anilines is 1. The van der Waals surface area contributed by atoms with Crippen molar-refractivity contribution in [1.29, 1.82) is 0 Å². The fourth-order valence-electron chi connectivity index (χ4n) is 3.26. The lowest BCUT2D eigenvalue weighted by atomic mass is 10.3. The lowest BCUT2D eigenvalue weighted by Crippen LogP contribution is -2.40. The van der Waals surface area contributed by atoms with E-state index in [-0.39, 0.29) is 29.6 Å². The Morgan fingerprint density at radius 1 is 1.00 bits per heavy atom. The van der Waals surface area contributed by atoms with Crippen LogP contribution in [0.25, 0.3) is 0 Å². The van der Waals surface area contributed by atoms with Crippen LogP contribution in [0.2, 0.25) is 0 Å². The van der Waals surface area contributed by atoms with Gasteiger partial charge in [-0.05, 0) is 43.3 Å². The summed E-state index contributed by atoms with van der Waals surface area (Å²) in [4.78, 5) is 13.8. The Balaban J connectivity index is 1.77. The molecule has 1 atom stereocenters. The first-order valence-electron chi connectivity index (χ1n) is 10.3. The van der Waals surface area contributed by atoms with Crippen LogP contribution in [-0.4, -0.2) is 71.5 Å². The zero-order valence-electron chi connectivity index (χ0n) is 19.0. The Hall–Kier alpha value is -2.47. The van der Waals surface area contributed by atoms with Gasteiger partial charge in [0.1, 0.15) is 5.75 Å². The molecule has 1 aliphatic rings. The second-order valence-corrected chi connectivity index (χ2v) is 10.5. The maximum atomic E-state index is 13.0. The minimum absolute atomic E-state index is 0.0840. The summed E-state index contributed by atoms with van der Waals surface area (Å²) in [5.74, 6) is 1.24. The van der Waals surface area contributed by atoms with E-state index in [2.05, 4.69) is 5.32 Å². The lowest BCUT2D eigenvalue weighted by molar-refractivity contribution is -0.115. The van der Waals surface area contributed by atoms with Gasteiger partial charge < -0.3 is 24.3 Å². The van der Waals surface area contributed by atoms with Gasteiger partial charge in [-0.1, -0.05) is 0 Å². The number of hydrogen-bond donors (Lipinski definition) is 1. The van der Waals surface area contributed by atoms with E-state index in [4.69, 9.17) is 18.9 Å². The van der Waals surface area contributed by atoms with Crippen LogP contribution >= 0.6 is 11.8 Å². The smallest absolute Gasteiger partial charge is 0.243 e. The standard InChI is InChI=1S/C22H28N2O7S2/c1-15(32-16-5-7-20(29-3)21(13-16)30-4)22(25)23-18-14-17(6-8-19(18)28-2)33(26,27)24-9-11-31-12-10-24/h5-8,13-15H,9-12H2,1-4H3,(H,23,25)/t15-/m0/s1. The molecule has 0 saturated carbocycles. The topological polar surface area (TPSA) is 103 Å². The molecule has 2 aromatic carbocycles. The number of hydrogen-bond acceptors (Lipinski definition) is 8. The van der Waals surface area contributed by atoms with Crippen molar-refractivity contribution in [2.45, 2.75) is 22.0 Å². The summed E-state index contributed by atoms with van der Waals surface area (Å²) in [5, 5.41) is 2.32. The summed E-state index contributed by atoms with van der Waals surface area (Å²) in [5.41, 5.74) is 0.289. The highest BCUT2D eigenvalue weighted by Gasteiger charge is 2.27. The van der Waals surface area contributed by atoms with Crippen LogP contribution in [0.15, 0.2) is 46.2 Å². The third-order valence-electron chi connectivity index (χ3n) is 5.07. The molecule has 1 N–H and O–H groups in total. The molecule has 3 rings (SSSR count). The number of rotatable bonds is 9. The Morgan fingerprint density at radius 3 is 2.27 bits per heavy atom. The van der Waals surface area contributed by atoms with Gasteiger partial charge in [-0.2, -0.15) is 4.31 Å². The van der Waals surface area contributed by atoms with Crippen LogP contribution in [0, 0.1) is 0 Å². The molecule has 1 fully saturated rings. The van der Waals surface area contributed by atoms with E-state index in [1.54, 1.807) is 33.3 Å². The quantitative estimate of drug-likeness (QED) is 0.529. The Kier molecular flexibility index (Phi) is 8.46. The second kappa shape index (κ2) is 11.1. The molecule has 1 heterocycles. The third kappa shape index (κ3) is 5.91. The van der Waals surface area contributed by atoms with Crippen molar-refractivity contribution in [3.8, 4) is 17.2 Å². The molecule has 0 aromatic heterocycles. The summed E-state index contributed by atoms with van der Waals surface area (Å²) < 4.78 is 48.5. The number of nitrogens with zero attached hydrogens (tertiary/aromatic N) is 1. The second-order valence-electron chi connectivity index (χ2n) is 7.14. The summed E-state index contributed by atoms with van der Waals surface area (Å²) in [6.45, 7) is 3.04. The van der Waals surface area contributed by atoms with Crippen LogP contribution < -0.4 is 19.5 Å². The number of nitrogens with one attached hydrogen (secondary N) is 1. The number of carbonyl (C=O) groups excluding carboxylic acids is 1. The highest BCUT2D eigenvalue weighted by Crippen LogP contribution is 2.35. The number of morpholine rings is 1. The molecule has 0 aliphatic carbocycles. The van der Waals surface area contributed by atoms with Crippen molar-refractivity contribution >= 4 is 33.4 Å². The van der Waals surface area contributed by atoms with Gasteiger partial charge >= 0.3 is 0 Å². The zero-order chi connectivity index (χ0) is 24.0. The van der Waals surface area contributed by atoms with Crippen LogP contribution in [0.3, 0.4) is 0 Å². The first kappa shape index (κ1) is 25.2. The largest absolute Gasteiger partial charge is 0.495 e. The van der Waals surface area contributed by atoms with E-state index in [1.807, 2.05) is 6.07 Å². The normalized spacial score (nSPS) is 15.5. The van der Waals surface area contributed by atoms with E-state index >= 15 is 0 Å². The highest BCUT2D eigenvalue weighted by molar-refractivity contribution is 8.00. The molecule has 0 bridgehead atoms. The van der Waals surface area contributed by atoms with Crippen molar-refractivity contribution in [2.24, 2.45) is 0 Å². The molecule has 33 heavy (non-hydrogen) atoms. The molecule has 0 unspecified atom stereocenters. The monoisotopic (exact) mass is 496 g/mol. The molecule has 1 amide bonds. The van der Waals surface area contributed by atoms with E-state index in [1.165, 1.54) is 41.4 Å². The van der Waals surface area contributed by atoms with Crippen LogP contribution in [0.5, 0.6) is 17.2 Å². The molecule has 11 heteroatoms. The Labute approximate surface area is 198 Å². The zero-order valence-corrected chi connectivity index (χ0v) is 20.6. The molecule has 0 spiro atoms. The SMILES string of the molecule is COc1ccc(S(=O)(=O)N2CCOCC2)cc1NC(=O)[C@H](C)Sc1ccc(OC)c(OC)c1. The van der Waals surface area contributed by atoms with Crippen molar-refractivity contribution < 1.29 is 32.2 Å². The molecular weight excluding hydrogens is 468 g/mol. The first-order valence-corrected chi connectivity index (χ1v) is 12.6. The number of methoxy groups -OCH3 is 3. The number of sulfonamides is 1. The summed E-state index contributed by atoms with van der Waals surface area (Å²) in [6.07, 6.45) is 0. The highest BCUT2D eigenvalue weighted by atomic mass is 32.2. The molecule has 180 valence electrons. The van der Waals surface area contributed by atoms with E-state index < -0.39 is 15.3 Å². The van der Waals surface area contributed by atoms with Crippen LogP contribution in [0.1, 0.15) is 6.92 Å². The molecular formula is C22H28N2O7S2. The van der Waals surface area contributed by atoms with E-state index in [0.29, 0.717) is 30.5 Å². The predicted octanol–water partition coefficient (Wildman–Crippen LogP) is 2.85. The Bertz CT molecular complexity index is 1090. The summed E-state index contributed by atoms with van der Waals surface area (Å²) >= 11 is 1.34. The average Bonchev–Trinajstić information content (AvgIpc) is 2.84. The van der Waals surface area contributed by atoms with Gasteiger partial charge in [0.05, 0.1) is 50.4 Å². The number of thioether (sulfide) groups is 1. The molecule has 1 saturated heterocycles. The predicted molar refractivity (Wildman–Crippen MR) is 126 cm³/mol. The van der Waals surface area contributed by atoms with E-state index in [0.717, 1.165) is 4.90 Å². The van der Waals surface area contributed by atoms with Crippen molar-refractivity contribution in [3.63, 3.8) is 0 Å². The molecule has 9 nitrogen and oxygen atoms in total. The first-order chi connectivity index (χ1) is 15.8. The third-order valence-corrected chi connectivity index (χ3v) is 8.06. The minimum atomic E-state index is -3.71. The van der Waals surface area contributed by atoms with Crippen LogP contribution in [-0.2, 0) is 19.6 Å². The fraction of sp³-hybridized carbons (Fsp3) is 0.409. The van der Waals surface area contributed by atoms with Crippen LogP contribution in [0.4, 0.5) is 5.69 Å². The molecule has 1 aliphatic heterocycles. The van der Waals surface area contributed by atoms with Gasteiger partial charge in [0.15, 0.2) is 11.5 Å². The van der Waals surface area contributed by atoms with Gasteiger partial charge in [-0.3, -0.25) is 4.79 Å². The van der Waals surface area contributed by atoms with Crippen molar-refractivity contribution in [2.75, 3.05) is 52.9 Å². The molecule has 2 aromatic rings. The number of carbonyl (C=O) groups is 1. The van der Waals surface area contributed by atoms with Gasteiger partial charge in [0.2, 0.25) is 15.9 Å². The summed E-state index contributed by atoms with van der Waals surface area (Å²) in [6, 6.07) is 9.84. The van der Waals surface area contributed by atoms with Crippen molar-refractivity contribution in [1.82, 2.24) is 4.31 Å². The maximum Gasteiger partial charge on any atom is 0.243 e. The van der Waals surface area contributed by atoms with Crippen molar-refractivity contribution in [3.05, 3.63) is 36.4 Å². The maximum absolute atomic E-state index is 13.0. The number of benzene rings is 2. The van der Waals surface area contributed by atoms with Gasteiger partial charge in [0.25, 0.3) is 0 Å². The molecule has 0 radical (unpaired) electrons. The summed E-state index contributed by atoms with van der Waals surface area (Å²) in [7, 11) is 0.854. The van der Waals surface area contributed by atoms with E-state index in [9.17, 15) is 13.2 Å². The average molecular weight is 497 g/mol. The van der Waals surface area contributed by atoms with Gasteiger partial charge in [0, 0.05) is 18.0 Å². The number of ether oxygens (including phenoxy) is 4.